The maximum absolute atomic E-state index is 9.21. The summed E-state index contributed by atoms with van der Waals surface area (Å²) < 4.78 is 121. The van der Waals surface area contributed by atoms with Gasteiger partial charge in [0.15, 0.2) is 0 Å². The fourth-order valence-corrected chi connectivity index (χ4v) is 6.93. The van der Waals surface area contributed by atoms with Gasteiger partial charge in [0, 0.05) is 16.3 Å². The highest BCUT2D eigenvalue weighted by Crippen LogP contribution is 2.44. The van der Waals surface area contributed by atoms with Gasteiger partial charge in [-0.25, -0.2) is 0 Å². The lowest BCUT2D eigenvalue weighted by Crippen LogP contribution is -1.90. The van der Waals surface area contributed by atoms with E-state index in [1.54, 1.807) is 24.3 Å². The average molecular weight is 636 g/mol. The van der Waals surface area contributed by atoms with Gasteiger partial charge in [-0.1, -0.05) is 163 Å². The molecule has 0 aliphatic carbocycles. The molecule has 49 heavy (non-hydrogen) atoms. The molecule has 0 unspecified atom stereocenters. The van der Waals surface area contributed by atoms with E-state index >= 15 is 0 Å². The number of rotatable bonds is 4. The molecule has 9 aromatic carbocycles. The minimum absolute atomic E-state index is 0.0747. The van der Waals surface area contributed by atoms with Crippen LogP contribution in [0.15, 0.2) is 186 Å². The third kappa shape index (κ3) is 4.47. The number of benzene rings is 9. The van der Waals surface area contributed by atoms with Crippen molar-refractivity contribution in [3.8, 4) is 44.5 Å². The van der Waals surface area contributed by atoms with Crippen LogP contribution >= 0.6 is 0 Å². The fraction of sp³-hybridized carbons (Fsp3) is 0. The Morgan fingerprint density at radius 2 is 0.959 bits per heavy atom. The highest BCUT2D eigenvalue weighted by atomic mass is 16.3. The Morgan fingerprint density at radius 3 is 1.67 bits per heavy atom. The van der Waals surface area contributed by atoms with Crippen LogP contribution in [0, 0.1) is 0 Å². The normalized spacial score (nSPS) is 15.4. The first-order valence-electron chi connectivity index (χ1n) is 22.3. The zero-order valence-corrected chi connectivity index (χ0v) is 25.7. The average Bonchev–Trinajstić information content (AvgIpc) is 3.67. The van der Waals surface area contributed by atoms with E-state index in [0.717, 1.165) is 49.4 Å². The summed E-state index contributed by atoms with van der Waals surface area (Å²) in [6.45, 7) is 0. The molecule has 0 atom stereocenters. The van der Waals surface area contributed by atoms with E-state index in [1.165, 1.54) is 0 Å². The lowest BCUT2D eigenvalue weighted by molar-refractivity contribution is 0.670. The van der Waals surface area contributed by atoms with Gasteiger partial charge in [0.25, 0.3) is 0 Å². The van der Waals surface area contributed by atoms with Crippen molar-refractivity contribution in [3.05, 3.63) is 182 Å². The molecular formula is C48H30O. The molecule has 0 N–H and O–H groups in total. The van der Waals surface area contributed by atoms with Crippen LogP contribution < -0.4 is 0 Å². The maximum atomic E-state index is 9.21. The zero-order valence-electron chi connectivity index (χ0n) is 38.7. The summed E-state index contributed by atoms with van der Waals surface area (Å²) >= 11 is 0. The first kappa shape index (κ1) is 17.6. The second kappa shape index (κ2) is 11.1. The van der Waals surface area contributed by atoms with Crippen molar-refractivity contribution in [2.75, 3.05) is 0 Å². The van der Waals surface area contributed by atoms with Gasteiger partial charge in [-0.3, -0.25) is 0 Å². The number of hydrogen-bond acceptors (Lipinski definition) is 1. The Labute approximate surface area is 302 Å². The van der Waals surface area contributed by atoms with Crippen molar-refractivity contribution < 1.29 is 22.2 Å². The topological polar surface area (TPSA) is 13.1 Å². The molecule has 1 heterocycles. The molecule has 1 aromatic heterocycles. The first-order valence-corrected chi connectivity index (χ1v) is 15.8. The second-order valence-corrected chi connectivity index (χ2v) is 11.9. The van der Waals surface area contributed by atoms with Crippen LogP contribution in [-0.2, 0) is 0 Å². The fourth-order valence-electron chi connectivity index (χ4n) is 6.93. The number of furan rings is 1. The smallest absolute Gasteiger partial charge is 0.143 e. The largest absolute Gasteiger partial charge is 0.455 e. The summed E-state index contributed by atoms with van der Waals surface area (Å²) in [7, 11) is 0. The van der Waals surface area contributed by atoms with Crippen molar-refractivity contribution in [1.29, 1.82) is 0 Å². The molecule has 1 heteroatoms. The van der Waals surface area contributed by atoms with E-state index in [0.29, 0.717) is 11.1 Å². The standard InChI is InChI=1S/C48H30O/c1-2-12-33(13-3-1)46-40-15-6-8-17-42(40)47(43-18-9-7-16-41(43)46)34-24-21-32(22-25-34)36-27-28-39-44-20-10-19-38(48(44)49-45(39)30-36)37-26-23-31-11-4-5-14-35(31)29-37/h1-30H/i1D,2D,3D,6D,7D,8D,9D,12D,13D,15D,16D,17D,18D. The molecule has 0 aliphatic rings. The Kier molecular flexibility index (Phi) is 3.99. The molecule has 0 saturated heterocycles. The lowest BCUT2D eigenvalue weighted by Gasteiger charge is -2.18. The summed E-state index contributed by atoms with van der Waals surface area (Å²) in [5.74, 6) is 0. The Balaban J connectivity index is 1.20. The zero-order chi connectivity index (χ0) is 43.6. The van der Waals surface area contributed by atoms with Crippen molar-refractivity contribution in [1.82, 2.24) is 0 Å². The second-order valence-electron chi connectivity index (χ2n) is 11.9. The van der Waals surface area contributed by atoms with Gasteiger partial charge in [-0.2, -0.15) is 0 Å². The SMILES string of the molecule is [2H]c1c([2H])c([2H])c(-c2c3c([2H])c([2H])c([2H])c([2H])c3c(-c3ccc(-c4ccc5c(c4)oc4c(-c6ccc7ccccc7c6)cccc45)cc3)c3c([2H])c([2H])c([2H])c([2H])c23)c([2H])c1[2H]. The van der Waals surface area contributed by atoms with E-state index in [-0.39, 0.29) is 32.7 Å². The third-order valence-electron chi connectivity index (χ3n) is 9.19. The minimum atomic E-state index is -0.713. The molecule has 0 aliphatic heterocycles. The Hall–Kier alpha value is -6.44. The van der Waals surface area contributed by atoms with Gasteiger partial charge in [0.1, 0.15) is 11.2 Å². The van der Waals surface area contributed by atoms with Crippen LogP contribution in [0.3, 0.4) is 0 Å². The van der Waals surface area contributed by atoms with Crippen molar-refractivity contribution in [2.24, 2.45) is 0 Å². The first-order chi connectivity index (χ1) is 29.7. The monoisotopic (exact) mass is 635 g/mol. The Bertz CT molecular complexity index is 3500. The quantitative estimate of drug-likeness (QED) is 0.175. The highest BCUT2D eigenvalue weighted by Gasteiger charge is 2.17. The summed E-state index contributed by atoms with van der Waals surface area (Å²) in [4.78, 5) is 0. The third-order valence-corrected chi connectivity index (χ3v) is 9.19. The molecule has 1 nitrogen and oxygen atoms in total. The van der Waals surface area contributed by atoms with Gasteiger partial charge < -0.3 is 4.42 Å². The summed E-state index contributed by atoms with van der Waals surface area (Å²) in [6, 6.07) is 25.2. The van der Waals surface area contributed by atoms with Crippen LogP contribution in [-0.4, -0.2) is 0 Å². The van der Waals surface area contributed by atoms with Gasteiger partial charge in [0.2, 0.25) is 0 Å². The van der Waals surface area contributed by atoms with Crippen LogP contribution in [0.1, 0.15) is 17.8 Å². The number of para-hydroxylation sites is 1. The van der Waals surface area contributed by atoms with E-state index in [2.05, 4.69) is 30.3 Å². The molecule has 0 spiro atoms. The minimum Gasteiger partial charge on any atom is -0.455 e. The highest BCUT2D eigenvalue weighted by molar-refractivity contribution is 6.21. The van der Waals surface area contributed by atoms with E-state index in [9.17, 15) is 2.74 Å². The van der Waals surface area contributed by atoms with Gasteiger partial charge >= 0.3 is 0 Å². The summed E-state index contributed by atoms with van der Waals surface area (Å²) in [5.41, 5.74) is 4.66. The van der Waals surface area contributed by atoms with E-state index in [4.69, 9.17) is 19.5 Å². The lowest BCUT2D eigenvalue weighted by atomic mass is 9.86. The van der Waals surface area contributed by atoms with Crippen molar-refractivity contribution in [3.63, 3.8) is 0 Å². The molecule has 228 valence electrons. The van der Waals surface area contributed by atoms with Crippen molar-refractivity contribution >= 4 is 54.3 Å². The summed E-state index contributed by atoms with van der Waals surface area (Å²) in [6.07, 6.45) is 0. The van der Waals surface area contributed by atoms with Gasteiger partial charge in [-0.05, 0) is 89.5 Å². The molecule has 0 amide bonds. The number of fused-ring (bicyclic) bond motifs is 6. The molecule has 10 rings (SSSR count). The molecule has 10 aromatic rings. The Morgan fingerprint density at radius 1 is 0.367 bits per heavy atom. The van der Waals surface area contributed by atoms with E-state index < -0.39 is 84.1 Å². The molecule has 0 bridgehead atoms. The van der Waals surface area contributed by atoms with Gasteiger partial charge in [0.05, 0.1) is 17.8 Å². The van der Waals surface area contributed by atoms with Crippen molar-refractivity contribution in [2.45, 2.75) is 0 Å². The van der Waals surface area contributed by atoms with Crippen LogP contribution in [0.4, 0.5) is 0 Å². The molecule has 0 saturated carbocycles. The molecule has 0 radical (unpaired) electrons. The summed E-state index contributed by atoms with van der Waals surface area (Å²) in [5, 5.41) is 3.41. The molecular weight excluding hydrogens is 593 g/mol. The predicted molar refractivity (Wildman–Crippen MR) is 208 cm³/mol. The van der Waals surface area contributed by atoms with E-state index in [1.807, 2.05) is 48.5 Å². The predicted octanol–water partition coefficient (Wildman–Crippen LogP) is 13.7. The number of hydrogen-bond donors (Lipinski definition) is 0. The van der Waals surface area contributed by atoms with Gasteiger partial charge in [-0.15, -0.1) is 0 Å². The van der Waals surface area contributed by atoms with Crippen LogP contribution in [0.25, 0.3) is 98.8 Å². The van der Waals surface area contributed by atoms with Crippen LogP contribution in [0.2, 0.25) is 0 Å². The molecule has 0 fully saturated rings. The maximum Gasteiger partial charge on any atom is 0.143 e. The van der Waals surface area contributed by atoms with Crippen LogP contribution in [0.5, 0.6) is 0 Å².